The standard InChI is InChI=1S/C22H31NO4/c1-17(2)23(13-19-10-11-21(25-3)22(12-19)26-4)14-20(24)16-27-15-18-8-6-5-7-9-18/h5-12,17,20,24H,13-16H2,1-4H3/t20-/m1/s1. The Bertz CT molecular complexity index is 675. The van der Waals surface area contributed by atoms with Crippen LogP contribution in [0.2, 0.25) is 0 Å². The molecule has 0 unspecified atom stereocenters. The van der Waals surface area contributed by atoms with E-state index < -0.39 is 6.10 Å². The molecule has 0 bridgehead atoms. The third-order valence-corrected chi connectivity index (χ3v) is 4.43. The second-order valence-corrected chi connectivity index (χ2v) is 6.87. The summed E-state index contributed by atoms with van der Waals surface area (Å²) in [5, 5.41) is 10.4. The lowest BCUT2D eigenvalue weighted by molar-refractivity contribution is 0.00313. The van der Waals surface area contributed by atoms with Crippen molar-refractivity contribution in [2.24, 2.45) is 0 Å². The average Bonchev–Trinajstić information content (AvgIpc) is 2.68. The molecule has 148 valence electrons. The van der Waals surface area contributed by atoms with Crippen LogP contribution in [0.4, 0.5) is 0 Å². The van der Waals surface area contributed by atoms with Gasteiger partial charge in [-0.05, 0) is 37.1 Å². The molecule has 0 radical (unpaired) electrons. The monoisotopic (exact) mass is 373 g/mol. The van der Waals surface area contributed by atoms with Gasteiger partial charge >= 0.3 is 0 Å². The van der Waals surface area contributed by atoms with Crippen molar-refractivity contribution in [3.05, 3.63) is 59.7 Å². The summed E-state index contributed by atoms with van der Waals surface area (Å²) in [4.78, 5) is 2.22. The molecule has 0 aliphatic heterocycles. The fraction of sp³-hybridized carbons (Fsp3) is 0.455. The summed E-state index contributed by atoms with van der Waals surface area (Å²) in [6.07, 6.45) is -0.545. The van der Waals surface area contributed by atoms with Crippen molar-refractivity contribution in [2.45, 2.75) is 39.1 Å². The fourth-order valence-corrected chi connectivity index (χ4v) is 2.88. The van der Waals surface area contributed by atoms with E-state index in [1.54, 1.807) is 14.2 Å². The van der Waals surface area contributed by atoms with Crippen LogP contribution < -0.4 is 9.47 Å². The van der Waals surface area contributed by atoms with E-state index in [-0.39, 0.29) is 0 Å². The highest BCUT2D eigenvalue weighted by molar-refractivity contribution is 5.42. The summed E-state index contributed by atoms with van der Waals surface area (Å²) in [7, 11) is 3.26. The van der Waals surface area contributed by atoms with Crippen molar-refractivity contribution in [1.82, 2.24) is 4.90 Å². The number of hydrogen-bond acceptors (Lipinski definition) is 5. The Morgan fingerprint density at radius 3 is 2.26 bits per heavy atom. The Labute approximate surface area is 162 Å². The van der Waals surface area contributed by atoms with Crippen LogP contribution in [0.5, 0.6) is 11.5 Å². The van der Waals surface area contributed by atoms with Crippen molar-refractivity contribution in [1.29, 1.82) is 0 Å². The minimum absolute atomic E-state index is 0.293. The number of ether oxygens (including phenoxy) is 3. The van der Waals surface area contributed by atoms with Crippen LogP contribution in [0, 0.1) is 0 Å². The molecule has 1 atom stereocenters. The van der Waals surface area contributed by atoms with E-state index in [1.165, 1.54) is 0 Å². The minimum Gasteiger partial charge on any atom is -0.493 e. The molecule has 0 aromatic heterocycles. The van der Waals surface area contributed by atoms with E-state index in [9.17, 15) is 5.11 Å². The third kappa shape index (κ3) is 6.86. The SMILES string of the molecule is COc1ccc(CN(C[C@@H](O)COCc2ccccc2)C(C)C)cc1OC. The number of benzene rings is 2. The van der Waals surface area contributed by atoms with Gasteiger partial charge in [-0.3, -0.25) is 4.90 Å². The first-order valence-corrected chi connectivity index (χ1v) is 9.28. The highest BCUT2D eigenvalue weighted by Crippen LogP contribution is 2.28. The molecule has 2 rings (SSSR count). The molecular weight excluding hydrogens is 342 g/mol. The molecule has 0 aliphatic rings. The van der Waals surface area contributed by atoms with E-state index in [0.29, 0.717) is 43.8 Å². The van der Waals surface area contributed by atoms with Crippen LogP contribution in [0.3, 0.4) is 0 Å². The first-order valence-electron chi connectivity index (χ1n) is 9.28. The summed E-state index contributed by atoms with van der Waals surface area (Å²) in [6, 6.07) is 16.2. The maximum atomic E-state index is 10.4. The molecule has 2 aromatic carbocycles. The minimum atomic E-state index is -0.545. The Hall–Kier alpha value is -2.08. The zero-order chi connectivity index (χ0) is 19.6. The fourth-order valence-electron chi connectivity index (χ4n) is 2.88. The second kappa shape index (κ2) is 10.9. The van der Waals surface area contributed by atoms with Gasteiger partial charge in [0, 0.05) is 19.1 Å². The van der Waals surface area contributed by atoms with Crippen LogP contribution in [0.1, 0.15) is 25.0 Å². The molecule has 0 amide bonds. The van der Waals surface area contributed by atoms with Gasteiger partial charge in [-0.2, -0.15) is 0 Å². The molecule has 0 aliphatic carbocycles. The van der Waals surface area contributed by atoms with Gasteiger partial charge in [0.2, 0.25) is 0 Å². The molecule has 1 N–H and O–H groups in total. The predicted octanol–water partition coefficient (Wildman–Crippen LogP) is 3.49. The van der Waals surface area contributed by atoms with Gasteiger partial charge in [-0.25, -0.2) is 0 Å². The van der Waals surface area contributed by atoms with Crippen LogP contribution in [0.15, 0.2) is 48.5 Å². The van der Waals surface area contributed by atoms with Crippen molar-refractivity contribution in [2.75, 3.05) is 27.4 Å². The molecule has 0 saturated heterocycles. The van der Waals surface area contributed by atoms with Crippen LogP contribution in [0.25, 0.3) is 0 Å². The van der Waals surface area contributed by atoms with Gasteiger partial charge in [0.05, 0.1) is 33.5 Å². The Morgan fingerprint density at radius 1 is 0.926 bits per heavy atom. The summed E-state index contributed by atoms with van der Waals surface area (Å²) in [5.74, 6) is 1.43. The highest BCUT2D eigenvalue weighted by atomic mass is 16.5. The Morgan fingerprint density at radius 2 is 1.63 bits per heavy atom. The zero-order valence-electron chi connectivity index (χ0n) is 16.7. The van der Waals surface area contributed by atoms with Crippen LogP contribution in [-0.2, 0) is 17.9 Å². The number of rotatable bonds is 11. The number of methoxy groups -OCH3 is 2. The van der Waals surface area contributed by atoms with Gasteiger partial charge in [0.25, 0.3) is 0 Å². The molecule has 0 saturated carbocycles. The lowest BCUT2D eigenvalue weighted by Gasteiger charge is -2.29. The maximum absolute atomic E-state index is 10.4. The molecule has 5 heteroatoms. The van der Waals surface area contributed by atoms with Crippen molar-refractivity contribution in [3.8, 4) is 11.5 Å². The number of aliphatic hydroxyl groups excluding tert-OH is 1. The maximum Gasteiger partial charge on any atom is 0.161 e. The molecule has 0 fully saturated rings. The largest absolute Gasteiger partial charge is 0.493 e. The Balaban J connectivity index is 1.89. The molecule has 0 heterocycles. The summed E-state index contributed by atoms with van der Waals surface area (Å²) < 4.78 is 16.3. The van der Waals surface area contributed by atoms with E-state index >= 15 is 0 Å². The van der Waals surface area contributed by atoms with Gasteiger partial charge in [0.15, 0.2) is 11.5 Å². The van der Waals surface area contributed by atoms with Gasteiger partial charge in [0.1, 0.15) is 0 Å². The van der Waals surface area contributed by atoms with Crippen molar-refractivity contribution >= 4 is 0 Å². The number of aliphatic hydroxyl groups is 1. The summed E-state index contributed by atoms with van der Waals surface area (Å²) >= 11 is 0. The summed E-state index contributed by atoms with van der Waals surface area (Å²) in [6.45, 7) is 6.32. The molecule has 2 aromatic rings. The highest BCUT2D eigenvalue weighted by Gasteiger charge is 2.16. The van der Waals surface area contributed by atoms with Gasteiger partial charge in [-0.15, -0.1) is 0 Å². The lowest BCUT2D eigenvalue weighted by Crippen LogP contribution is -2.38. The van der Waals surface area contributed by atoms with E-state index in [0.717, 1.165) is 11.1 Å². The van der Waals surface area contributed by atoms with Crippen LogP contribution >= 0.6 is 0 Å². The zero-order valence-corrected chi connectivity index (χ0v) is 16.7. The normalized spacial score (nSPS) is 12.4. The van der Waals surface area contributed by atoms with Crippen molar-refractivity contribution in [3.63, 3.8) is 0 Å². The van der Waals surface area contributed by atoms with E-state index in [4.69, 9.17) is 14.2 Å². The number of nitrogens with zero attached hydrogens (tertiary/aromatic N) is 1. The first-order chi connectivity index (χ1) is 13.0. The molecule has 5 nitrogen and oxygen atoms in total. The Kier molecular flexibility index (Phi) is 8.58. The van der Waals surface area contributed by atoms with Gasteiger partial charge in [-0.1, -0.05) is 36.4 Å². The molecular formula is C22H31NO4. The van der Waals surface area contributed by atoms with E-state index in [1.807, 2.05) is 48.5 Å². The number of hydrogen-bond donors (Lipinski definition) is 1. The smallest absolute Gasteiger partial charge is 0.161 e. The molecule has 0 spiro atoms. The topological polar surface area (TPSA) is 51.2 Å². The third-order valence-electron chi connectivity index (χ3n) is 4.43. The lowest BCUT2D eigenvalue weighted by atomic mass is 10.1. The quantitative estimate of drug-likeness (QED) is 0.653. The summed E-state index contributed by atoms with van der Waals surface area (Å²) in [5.41, 5.74) is 2.22. The van der Waals surface area contributed by atoms with Crippen molar-refractivity contribution < 1.29 is 19.3 Å². The first kappa shape index (κ1) is 21.2. The van der Waals surface area contributed by atoms with E-state index in [2.05, 4.69) is 18.7 Å². The predicted molar refractivity (Wildman–Crippen MR) is 107 cm³/mol. The van der Waals surface area contributed by atoms with Gasteiger partial charge < -0.3 is 19.3 Å². The average molecular weight is 373 g/mol. The molecule has 27 heavy (non-hydrogen) atoms. The van der Waals surface area contributed by atoms with Crippen LogP contribution in [-0.4, -0.2) is 49.5 Å². The second-order valence-electron chi connectivity index (χ2n) is 6.87.